The van der Waals surface area contributed by atoms with Crippen molar-refractivity contribution in [1.29, 1.82) is 0 Å². The molecule has 2 rings (SSSR count). The monoisotopic (exact) mass is 221 g/mol. The molecule has 16 heavy (non-hydrogen) atoms. The third-order valence-corrected chi connectivity index (χ3v) is 3.22. The maximum atomic E-state index is 9.04. The summed E-state index contributed by atoms with van der Waals surface area (Å²) < 4.78 is 5.81. The average molecular weight is 221 g/mol. The van der Waals surface area contributed by atoms with Crippen molar-refractivity contribution >= 4 is 0 Å². The molecule has 0 bridgehead atoms. The molecular formula is C13H19NO2. The van der Waals surface area contributed by atoms with E-state index in [1.807, 2.05) is 25.3 Å². The number of hydrogen-bond donors (Lipinski definition) is 1. The lowest BCUT2D eigenvalue weighted by atomic mass is 9.88. The Morgan fingerprint density at radius 2 is 2.06 bits per heavy atom. The Kier molecular flexibility index (Phi) is 3.78. The van der Waals surface area contributed by atoms with Gasteiger partial charge in [-0.3, -0.25) is 0 Å². The number of hydrogen-bond acceptors (Lipinski definition) is 3. The number of aromatic nitrogens is 1. The smallest absolute Gasteiger partial charge is 0.213 e. The van der Waals surface area contributed by atoms with Crippen LogP contribution in [0.2, 0.25) is 0 Å². The van der Waals surface area contributed by atoms with E-state index in [0.717, 1.165) is 37.1 Å². The summed E-state index contributed by atoms with van der Waals surface area (Å²) in [6.45, 7) is 2.33. The zero-order valence-corrected chi connectivity index (χ0v) is 9.72. The highest BCUT2D eigenvalue weighted by Gasteiger charge is 2.21. The third kappa shape index (κ3) is 2.95. The van der Waals surface area contributed by atoms with Crippen LogP contribution in [0.1, 0.15) is 31.2 Å². The molecule has 0 atom stereocenters. The van der Waals surface area contributed by atoms with Gasteiger partial charge in [-0.05, 0) is 44.1 Å². The fourth-order valence-electron chi connectivity index (χ4n) is 2.13. The number of aliphatic hydroxyl groups excluding tert-OH is 1. The molecule has 3 nitrogen and oxygen atoms in total. The molecule has 88 valence electrons. The van der Waals surface area contributed by atoms with Gasteiger partial charge in [0.1, 0.15) is 6.10 Å². The number of ether oxygens (including phenoxy) is 1. The predicted octanol–water partition coefficient (Wildman–Crippen LogP) is 2.32. The fraction of sp³-hybridized carbons (Fsp3) is 0.615. The van der Waals surface area contributed by atoms with E-state index in [1.165, 1.54) is 0 Å². The molecule has 1 aromatic heterocycles. The van der Waals surface area contributed by atoms with Crippen molar-refractivity contribution in [2.75, 3.05) is 6.61 Å². The van der Waals surface area contributed by atoms with E-state index >= 15 is 0 Å². The minimum Gasteiger partial charge on any atom is -0.474 e. The average Bonchev–Trinajstić information content (AvgIpc) is 2.33. The maximum Gasteiger partial charge on any atom is 0.213 e. The van der Waals surface area contributed by atoms with Crippen molar-refractivity contribution in [3.05, 3.63) is 23.9 Å². The standard InChI is InChI=1S/C13H19NO2/c1-10-2-7-13(14-8-10)16-12-5-3-11(9-15)4-6-12/h2,7-8,11-12,15H,3-6,9H2,1H3. The summed E-state index contributed by atoms with van der Waals surface area (Å²) in [7, 11) is 0. The Balaban J connectivity index is 1.84. The first-order valence-corrected chi connectivity index (χ1v) is 5.98. The maximum absolute atomic E-state index is 9.04. The van der Waals surface area contributed by atoms with Gasteiger partial charge in [0, 0.05) is 18.9 Å². The fourth-order valence-corrected chi connectivity index (χ4v) is 2.13. The Morgan fingerprint density at radius 3 is 2.62 bits per heavy atom. The molecule has 1 aliphatic carbocycles. The van der Waals surface area contributed by atoms with Crippen molar-refractivity contribution in [3.8, 4) is 5.88 Å². The Morgan fingerprint density at radius 1 is 1.31 bits per heavy atom. The Hall–Kier alpha value is -1.09. The second-order valence-electron chi connectivity index (χ2n) is 4.62. The van der Waals surface area contributed by atoms with Crippen LogP contribution in [0.25, 0.3) is 0 Å². The SMILES string of the molecule is Cc1ccc(OC2CCC(CO)CC2)nc1. The summed E-state index contributed by atoms with van der Waals surface area (Å²) in [4.78, 5) is 4.24. The van der Waals surface area contributed by atoms with Crippen LogP contribution in [-0.4, -0.2) is 22.8 Å². The van der Waals surface area contributed by atoms with Crippen molar-refractivity contribution in [2.24, 2.45) is 5.92 Å². The van der Waals surface area contributed by atoms with Gasteiger partial charge >= 0.3 is 0 Å². The molecule has 3 heteroatoms. The normalized spacial score (nSPS) is 25.4. The number of aryl methyl sites for hydroxylation is 1. The molecular weight excluding hydrogens is 202 g/mol. The number of pyridine rings is 1. The topological polar surface area (TPSA) is 42.4 Å². The van der Waals surface area contributed by atoms with Gasteiger partial charge in [0.2, 0.25) is 5.88 Å². The summed E-state index contributed by atoms with van der Waals surface area (Å²) >= 11 is 0. The zero-order chi connectivity index (χ0) is 11.4. The third-order valence-electron chi connectivity index (χ3n) is 3.22. The second-order valence-corrected chi connectivity index (χ2v) is 4.62. The molecule has 0 amide bonds. The van der Waals surface area contributed by atoms with Gasteiger partial charge in [-0.2, -0.15) is 0 Å². The number of nitrogens with zero attached hydrogens (tertiary/aromatic N) is 1. The van der Waals surface area contributed by atoms with Gasteiger partial charge in [0.05, 0.1) is 0 Å². The minimum absolute atomic E-state index is 0.276. The van der Waals surface area contributed by atoms with Crippen LogP contribution < -0.4 is 4.74 Å². The lowest BCUT2D eigenvalue weighted by molar-refractivity contribution is 0.100. The van der Waals surface area contributed by atoms with Crippen LogP contribution in [0.4, 0.5) is 0 Å². The molecule has 1 N–H and O–H groups in total. The summed E-state index contributed by atoms with van der Waals surface area (Å²) in [6.07, 6.45) is 6.29. The summed E-state index contributed by atoms with van der Waals surface area (Å²) in [6, 6.07) is 3.94. The summed E-state index contributed by atoms with van der Waals surface area (Å²) in [5.74, 6) is 1.20. The molecule has 0 radical (unpaired) electrons. The van der Waals surface area contributed by atoms with E-state index in [9.17, 15) is 0 Å². The van der Waals surface area contributed by atoms with Crippen molar-refractivity contribution in [3.63, 3.8) is 0 Å². The van der Waals surface area contributed by atoms with E-state index in [2.05, 4.69) is 4.98 Å². The molecule has 0 aromatic carbocycles. The first-order valence-electron chi connectivity index (χ1n) is 5.98. The van der Waals surface area contributed by atoms with Gasteiger partial charge in [-0.25, -0.2) is 4.98 Å². The van der Waals surface area contributed by atoms with Crippen LogP contribution in [-0.2, 0) is 0 Å². The van der Waals surface area contributed by atoms with E-state index in [1.54, 1.807) is 0 Å². The van der Waals surface area contributed by atoms with Crippen LogP contribution >= 0.6 is 0 Å². The number of rotatable bonds is 3. The number of aliphatic hydroxyl groups is 1. The van der Waals surface area contributed by atoms with Gasteiger partial charge < -0.3 is 9.84 Å². The first-order chi connectivity index (χ1) is 7.78. The molecule has 0 unspecified atom stereocenters. The van der Waals surface area contributed by atoms with E-state index < -0.39 is 0 Å². The lowest BCUT2D eigenvalue weighted by Crippen LogP contribution is -2.25. The molecule has 0 saturated heterocycles. The molecule has 1 aromatic rings. The molecule has 0 aliphatic heterocycles. The highest BCUT2D eigenvalue weighted by molar-refractivity contribution is 5.16. The van der Waals surface area contributed by atoms with Crippen LogP contribution in [0.15, 0.2) is 18.3 Å². The molecule has 1 aliphatic rings. The summed E-state index contributed by atoms with van der Waals surface area (Å²) in [5, 5.41) is 9.04. The van der Waals surface area contributed by atoms with Crippen LogP contribution in [0, 0.1) is 12.8 Å². The van der Waals surface area contributed by atoms with E-state index in [-0.39, 0.29) is 6.10 Å². The quantitative estimate of drug-likeness (QED) is 0.851. The van der Waals surface area contributed by atoms with Crippen molar-refractivity contribution in [2.45, 2.75) is 38.7 Å². The molecule has 0 spiro atoms. The van der Waals surface area contributed by atoms with Crippen LogP contribution in [0.3, 0.4) is 0 Å². The minimum atomic E-state index is 0.276. The lowest BCUT2D eigenvalue weighted by Gasteiger charge is -2.27. The highest BCUT2D eigenvalue weighted by atomic mass is 16.5. The van der Waals surface area contributed by atoms with Gasteiger partial charge in [-0.15, -0.1) is 0 Å². The predicted molar refractivity (Wildman–Crippen MR) is 62.4 cm³/mol. The van der Waals surface area contributed by atoms with Crippen molar-refractivity contribution in [1.82, 2.24) is 4.98 Å². The molecule has 1 heterocycles. The Labute approximate surface area is 96.5 Å². The zero-order valence-electron chi connectivity index (χ0n) is 9.72. The van der Waals surface area contributed by atoms with Gasteiger partial charge in [-0.1, -0.05) is 6.07 Å². The van der Waals surface area contributed by atoms with E-state index in [4.69, 9.17) is 9.84 Å². The largest absolute Gasteiger partial charge is 0.474 e. The van der Waals surface area contributed by atoms with Crippen molar-refractivity contribution < 1.29 is 9.84 Å². The van der Waals surface area contributed by atoms with E-state index in [0.29, 0.717) is 12.5 Å². The van der Waals surface area contributed by atoms with Gasteiger partial charge in [0.15, 0.2) is 0 Å². The second kappa shape index (κ2) is 5.30. The Bertz CT molecular complexity index is 315. The summed E-state index contributed by atoms with van der Waals surface area (Å²) in [5.41, 5.74) is 1.15. The van der Waals surface area contributed by atoms with Gasteiger partial charge in [0.25, 0.3) is 0 Å². The highest BCUT2D eigenvalue weighted by Crippen LogP contribution is 2.26. The molecule has 1 fully saturated rings. The van der Waals surface area contributed by atoms with Crippen LogP contribution in [0.5, 0.6) is 5.88 Å². The first kappa shape index (κ1) is 11.4. The molecule has 1 saturated carbocycles.